The SMILES string of the molecule is CC1(NC(=O)Nc2ncc(C3CCOCC3)s2)CCCOC1. The average molecular weight is 325 g/mol. The van der Waals surface area contributed by atoms with Crippen molar-refractivity contribution < 1.29 is 14.3 Å². The summed E-state index contributed by atoms with van der Waals surface area (Å²) in [4.78, 5) is 17.7. The fourth-order valence-corrected chi connectivity index (χ4v) is 3.93. The summed E-state index contributed by atoms with van der Waals surface area (Å²) in [6.45, 7) is 4.97. The largest absolute Gasteiger partial charge is 0.381 e. The zero-order valence-corrected chi connectivity index (χ0v) is 13.7. The molecule has 3 heterocycles. The Kier molecular flexibility index (Phi) is 4.95. The molecule has 2 N–H and O–H groups in total. The summed E-state index contributed by atoms with van der Waals surface area (Å²) in [7, 11) is 0. The molecule has 2 amide bonds. The summed E-state index contributed by atoms with van der Waals surface area (Å²) in [6, 6.07) is -0.208. The molecule has 0 saturated carbocycles. The highest BCUT2D eigenvalue weighted by atomic mass is 32.1. The lowest BCUT2D eigenvalue weighted by molar-refractivity contribution is 0.0342. The normalized spacial score (nSPS) is 26.6. The van der Waals surface area contributed by atoms with E-state index in [-0.39, 0.29) is 11.6 Å². The zero-order valence-electron chi connectivity index (χ0n) is 12.9. The van der Waals surface area contributed by atoms with Crippen LogP contribution >= 0.6 is 11.3 Å². The molecule has 2 aliphatic heterocycles. The Bertz CT molecular complexity index is 508. The lowest BCUT2D eigenvalue weighted by atomic mass is 9.95. The number of nitrogens with one attached hydrogen (secondary N) is 2. The number of amides is 2. The Labute approximate surface area is 134 Å². The second-order valence-corrected chi connectivity index (χ2v) is 7.31. The van der Waals surface area contributed by atoms with Crippen LogP contribution in [0.5, 0.6) is 0 Å². The number of carbonyl (C=O) groups excluding carboxylic acids is 1. The summed E-state index contributed by atoms with van der Waals surface area (Å²) in [6.07, 6.45) is 5.85. The monoisotopic (exact) mass is 325 g/mol. The minimum Gasteiger partial charge on any atom is -0.381 e. The first-order valence-electron chi connectivity index (χ1n) is 7.85. The van der Waals surface area contributed by atoms with Crippen molar-refractivity contribution in [2.75, 3.05) is 31.7 Å². The molecule has 122 valence electrons. The van der Waals surface area contributed by atoms with Gasteiger partial charge in [0.1, 0.15) is 0 Å². The van der Waals surface area contributed by atoms with E-state index in [9.17, 15) is 4.79 Å². The van der Waals surface area contributed by atoms with Gasteiger partial charge in [-0.15, -0.1) is 11.3 Å². The van der Waals surface area contributed by atoms with Crippen molar-refractivity contribution >= 4 is 22.5 Å². The number of hydrogen-bond acceptors (Lipinski definition) is 5. The number of ether oxygens (including phenoxy) is 2. The van der Waals surface area contributed by atoms with Gasteiger partial charge in [0.2, 0.25) is 0 Å². The molecule has 2 saturated heterocycles. The molecular formula is C15H23N3O3S. The lowest BCUT2D eigenvalue weighted by Crippen LogP contribution is -2.52. The predicted molar refractivity (Wildman–Crippen MR) is 85.5 cm³/mol. The fourth-order valence-electron chi connectivity index (χ4n) is 2.95. The van der Waals surface area contributed by atoms with Gasteiger partial charge in [0, 0.05) is 30.9 Å². The first-order chi connectivity index (χ1) is 10.6. The number of aromatic nitrogens is 1. The van der Waals surface area contributed by atoms with E-state index < -0.39 is 0 Å². The maximum absolute atomic E-state index is 12.1. The van der Waals surface area contributed by atoms with Crippen LogP contribution < -0.4 is 10.6 Å². The molecule has 2 fully saturated rings. The van der Waals surface area contributed by atoms with Gasteiger partial charge in [0.05, 0.1) is 12.1 Å². The van der Waals surface area contributed by atoms with Crippen molar-refractivity contribution in [3.8, 4) is 0 Å². The number of thiazole rings is 1. The lowest BCUT2D eigenvalue weighted by Gasteiger charge is -2.34. The topological polar surface area (TPSA) is 72.5 Å². The Morgan fingerprint density at radius 1 is 1.36 bits per heavy atom. The van der Waals surface area contributed by atoms with E-state index in [0.29, 0.717) is 17.7 Å². The molecule has 0 bridgehead atoms. The summed E-state index contributed by atoms with van der Waals surface area (Å²) in [5, 5.41) is 6.50. The molecule has 3 rings (SSSR count). The standard InChI is InChI=1S/C15H23N3O3S/c1-15(5-2-6-21-10-15)18-13(19)17-14-16-9-12(22-14)11-3-7-20-8-4-11/h9,11H,2-8,10H2,1H3,(H2,16,17,18,19). The van der Waals surface area contributed by atoms with Gasteiger partial charge in [-0.3, -0.25) is 5.32 Å². The van der Waals surface area contributed by atoms with Crippen molar-refractivity contribution in [2.45, 2.75) is 44.1 Å². The van der Waals surface area contributed by atoms with E-state index in [2.05, 4.69) is 15.6 Å². The van der Waals surface area contributed by atoms with Gasteiger partial charge in [-0.2, -0.15) is 0 Å². The third-order valence-corrected chi connectivity index (χ3v) is 5.30. The van der Waals surface area contributed by atoms with Crippen LogP contribution in [-0.4, -0.2) is 43.0 Å². The number of urea groups is 1. The molecule has 0 aromatic carbocycles. The Morgan fingerprint density at radius 2 is 2.18 bits per heavy atom. The second-order valence-electron chi connectivity index (χ2n) is 6.25. The zero-order chi connectivity index (χ0) is 15.4. The molecule has 0 aliphatic carbocycles. The Morgan fingerprint density at radius 3 is 2.91 bits per heavy atom. The van der Waals surface area contributed by atoms with Gasteiger partial charge in [-0.1, -0.05) is 0 Å². The fraction of sp³-hybridized carbons (Fsp3) is 0.733. The number of rotatable bonds is 3. The van der Waals surface area contributed by atoms with Crippen LogP contribution in [0.2, 0.25) is 0 Å². The van der Waals surface area contributed by atoms with Gasteiger partial charge in [-0.25, -0.2) is 9.78 Å². The maximum Gasteiger partial charge on any atom is 0.321 e. The molecule has 6 nitrogen and oxygen atoms in total. The molecule has 7 heteroatoms. The van der Waals surface area contributed by atoms with Gasteiger partial charge in [0.25, 0.3) is 0 Å². The minimum atomic E-state index is -0.289. The second kappa shape index (κ2) is 6.93. The van der Waals surface area contributed by atoms with Crippen molar-refractivity contribution in [1.29, 1.82) is 0 Å². The summed E-state index contributed by atoms with van der Waals surface area (Å²) in [5.74, 6) is 0.508. The van der Waals surface area contributed by atoms with E-state index in [1.807, 2.05) is 13.1 Å². The van der Waals surface area contributed by atoms with Gasteiger partial charge in [-0.05, 0) is 38.5 Å². The average Bonchev–Trinajstić information content (AvgIpc) is 2.96. The molecule has 0 radical (unpaired) electrons. The van der Waals surface area contributed by atoms with Crippen LogP contribution in [0.4, 0.5) is 9.93 Å². The van der Waals surface area contributed by atoms with Crippen LogP contribution in [0, 0.1) is 0 Å². The molecular weight excluding hydrogens is 302 g/mol. The molecule has 1 unspecified atom stereocenters. The summed E-state index contributed by atoms with van der Waals surface area (Å²) < 4.78 is 10.8. The van der Waals surface area contributed by atoms with Crippen molar-refractivity contribution in [1.82, 2.24) is 10.3 Å². The minimum absolute atomic E-state index is 0.208. The number of anilines is 1. The van der Waals surface area contributed by atoms with Crippen molar-refractivity contribution in [2.24, 2.45) is 0 Å². The molecule has 2 aliphatic rings. The highest BCUT2D eigenvalue weighted by Crippen LogP contribution is 2.32. The third kappa shape index (κ3) is 3.97. The van der Waals surface area contributed by atoms with Crippen LogP contribution in [0.15, 0.2) is 6.20 Å². The first-order valence-corrected chi connectivity index (χ1v) is 8.67. The van der Waals surface area contributed by atoms with E-state index >= 15 is 0 Å². The van der Waals surface area contributed by atoms with E-state index in [0.717, 1.165) is 45.5 Å². The van der Waals surface area contributed by atoms with Crippen LogP contribution in [0.3, 0.4) is 0 Å². The van der Waals surface area contributed by atoms with Gasteiger partial charge in [0.15, 0.2) is 5.13 Å². The van der Waals surface area contributed by atoms with Crippen molar-refractivity contribution in [3.05, 3.63) is 11.1 Å². The highest BCUT2D eigenvalue weighted by Gasteiger charge is 2.29. The molecule has 22 heavy (non-hydrogen) atoms. The smallest absolute Gasteiger partial charge is 0.321 e. The van der Waals surface area contributed by atoms with Crippen LogP contribution in [-0.2, 0) is 9.47 Å². The molecule has 1 aromatic heterocycles. The first kappa shape index (κ1) is 15.7. The molecule has 0 spiro atoms. The van der Waals surface area contributed by atoms with E-state index in [4.69, 9.17) is 9.47 Å². The number of nitrogens with zero attached hydrogens (tertiary/aromatic N) is 1. The van der Waals surface area contributed by atoms with E-state index in [1.54, 1.807) is 11.3 Å². The van der Waals surface area contributed by atoms with Gasteiger partial charge >= 0.3 is 6.03 Å². The number of hydrogen-bond donors (Lipinski definition) is 2. The highest BCUT2D eigenvalue weighted by molar-refractivity contribution is 7.15. The predicted octanol–water partition coefficient (Wildman–Crippen LogP) is 2.73. The van der Waals surface area contributed by atoms with Crippen LogP contribution in [0.1, 0.15) is 43.4 Å². The quantitative estimate of drug-likeness (QED) is 0.896. The maximum atomic E-state index is 12.1. The number of carbonyl (C=O) groups is 1. The van der Waals surface area contributed by atoms with Crippen LogP contribution in [0.25, 0.3) is 0 Å². The Balaban J connectivity index is 1.54. The van der Waals surface area contributed by atoms with Gasteiger partial charge < -0.3 is 14.8 Å². The summed E-state index contributed by atoms with van der Waals surface area (Å²) in [5.41, 5.74) is -0.289. The summed E-state index contributed by atoms with van der Waals surface area (Å²) >= 11 is 1.56. The third-order valence-electron chi connectivity index (χ3n) is 4.22. The molecule has 1 atom stereocenters. The van der Waals surface area contributed by atoms with Crippen molar-refractivity contribution in [3.63, 3.8) is 0 Å². The molecule has 1 aromatic rings. The Hall–Kier alpha value is -1.18. The van der Waals surface area contributed by atoms with E-state index in [1.165, 1.54) is 4.88 Å².